The van der Waals surface area contributed by atoms with Gasteiger partial charge in [-0.25, -0.2) is 0 Å². The minimum atomic E-state index is 0.321. The van der Waals surface area contributed by atoms with Crippen molar-refractivity contribution in [2.75, 3.05) is 33.3 Å². The molecule has 114 valence electrons. The minimum Gasteiger partial charge on any atom is -0.381 e. The molecule has 0 spiro atoms. The molecule has 2 aliphatic heterocycles. The van der Waals surface area contributed by atoms with E-state index in [1.54, 1.807) is 7.11 Å². The molecule has 2 heterocycles. The molecular formula is C14H27N5O. The third-order valence-electron chi connectivity index (χ3n) is 4.30. The maximum absolute atomic E-state index is 8.12. The van der Waals surface area contributed by atoms with Gasteiger partial charge in [-0.15, -0.1) is 0 Å². The summed E-state index contributed by atoms with van der Waals surface area (Å²) in [6.45, 7) is 5.72. The van der Waals surface area contributed by atoms with Crippen LogP contribution in [-0.2, 0) is 4.74 Å². The van der Waals surface area contributed by atoms with Crippen molar-refractivity contribution in [3.05, 3.63) is 0 Å². The SMILES string of the molecule is COC1CCN(C(=N)NC(=N)N2CCCC(C)C2)CC1. The summed E-state index contributed by atoms with van der Waals surface area (Å²) in [6.07, 6.45) is 4.61. The molecular weight excluding hydrogens is 254 g/mol. The molecule has 1 atom stereocenters. The fraction of sp³-hybridized carbons (Fsp3) is 0.857. The first-order chi connectivity index (χ1) is 9.60. The first-order valence-electron chi connectivity index (χ1n) is 7.57. The molecule has 2 fully saturated rings. The zero-order valence-electron chi connectivity index (χ0n) is 12.6. The largest absolute Gasteiger partial charge is 0.381 e. The van der Waals surface area contributed by atoms with Gasteiger partial charge in [-0.05, 0) is 31.6 Å². The number of guanidine groups is 2. The van der Waals surface area contributed by atoms with Crippen molar-refractivity contribution in [1.82, 2.24) is 15.1 Å². The van der Waals surface area contributed by atoms with E-state index >= 15 is 0 Å². The number of methoxy groups -OCH3 is 1. The van der Waals surface area contributed by atoms with Gasteiger partial charge >= 0.3 is 0 Å². The molecule has 2 aliphatic rings. The van der Waals surface area contributed by atoms with Gasteiger partial charge in [0.1, 0.15) is 0 Å². The van der Waals surface area contributed by atoms with Crippen molar-refractivity contribution in [2.45, 2.75) is 38.7 Å². The fourth-order valence-corrected chi connectivity index (χ4v) is 2.98. The number of nitrogens with one attached hydrogen (secondary N) is 3. The summed E-state index contributed by atoms with van der Waals surface area (Å²) in [5.41, 5.74) is 0. The quantitative estimate of drug-likeness (QED) is 0.500. The molecule has 0 aromatic heterocycles. The lowest BCUT2D eigenvalue weighted by Crippen LogP contribution is -2.53. The Bertz CT molecular complexity index is 351. The Balaban J connectivity index is 1.78. The first kappa shape index (κ1) is 15.1. The highest BCUT2D eigenvalue weighted by Crippen LogP contribution is 2.15. The highest BCUT2D eigenvalue weighted by molar-refractivity contribution is 5.95. The van der Waals surface area contributed by atoms with Crippen LogP contribution >= 0.6 is 0 Å². The van der Waals surface area contributed by atoms with Gasteiger partial charge in [0, 0.05) is 33.3 Å². The number of piperidine rings is 2. The van der Waals surface area contributed by atoms with Crippen LogP contribution in [0.4, 0.5) is 0 Å². The highest BCUT2D eigenvalue weighted by atomic mass is 16.5. The molecule has 6 heteroatoms. The predicted octanol–water partition coefficient (Wildman–Crippen LogP) is 1.29. The van der Waals surface area contributed by atoms with Crippen LogP contribution < -0.4 is 5.32 Å². The second-order valence-corrected chi connectivity index (χ2v) is 5.94. The van der Waals surface area contributed by atoms with Crippen LogP contribution in [0.25, 0.3) is 0 Å². The van der Waals surface area contributed by atoms with Gasteiger partial charge < -0.3 is 14.5 Å². The van der Waals surface area contributed by atoms with E-state index in [1.165, 1.54) is 6.42 Å². The summed E-state index contributed by atoms with van der Waals surface area (Å²) < 4.78 is 5.34. The van der Waals surface area contributed by atoms with E-state index < -0.39 is 0 Å². The van der Waals surface area contributed by atoms with Crippen LogP contribution in [0.1, 0.15) is 32.6 Å². The van der Waals surface area contributed by atoms with Crippen LogP contribution in [-0.4, -0.2) is 61.1 Å². The van der Waals surface area contributed by atoms with Crippen LogP contribution in [0.3, 0.4) is 0 Å². The molecule has 2 rings (SSSR count). The second-order valence-electron chi connectivity index (χ2n) is 5.94. The van der Waals surface area contributed by atoms with Gasteiger partial charge in [-0.2, -0.15) is 0 Å². The smallest absolute Gasteiger partial charge is 0.197 e. The maximum atomic E-state index is 8.12. The summed E-state index contributed by atoms with van der Waals surface area (Å²) >= 11 is 0. The number of likely N-dealkylation sites (tertiary alicyclic amines) is 2. The topological polar surface area (TPSA) is 75.4 Å². The van der Waals surface area contributed by atoms with Crippen molar-refractivity contribution >= 4 is 11.9 Å². The van der Waals surface area contributed by atoms with E-state index in [2.05, 4.69) is 12.2 Å². The summed E-state index contributed by atoms with van der Waals surface area (Å²) in [6, 6.07) is 0. The number of ether oxygens (including phenoxy) is 1. The molecule has 0 aliphatic carbocycles. The Morgan fingerprint density at radius 2 is 1.70 bits per heavy atom. The molecule has 1 unspecified atom stereocenters. The molecule has 0 radical (unpaired) electrons. The molecule has 0 aromatic carbocycles. The van der Waals surface area contributed by atoms with Crippen molar-refractivity contribution in [1.29, 1.82) is 10.8 Å². The van der Waals surface area contributed by atoms with E-state index in [0.717, 1.165) is 45.4 Å². The zero-order chi connectivity index (χ0) is 14.5. The molecule has 0 amide bonds. The van der Waals surface area contributed by atoms with Gasteiger partial charge in [0.15, 0.2) is 11.9 Å². The summed E-state index contributed by atoms with van der Waals surface area (Å²) in [4.78, 5) is 4.04. The van der Waals surface area contributed by atoms with Crippen LogP contribution in [0.2, 0.25) is 0 Å². The van der Waals surface area contributed by atoms with Gasteiger partial charge in [0.25, 0.3) is 0 Å². The molecule has 20 heavy (non-hydrogen) atoms. The summed E-state index contributed by atoms with van der Waals surface area (Å²) in [5.74, 6) is 1.36. The lowest BCUT2D eigenvalue weighted by atomic mass is 10.0. The lowest BCUT2D eigenvalue weighted by molar-refractivity contribution is 0.0571. The van der Waals surface area contributed by atoms with Gasteiger partial charge in [0.05, 0.1) is 6.10 Å². The second kappa shape index (κ2) is 6.92. The molecule has 3 N–H and O–H groups in total. The monoisotopic (exact) mass is 281 g/mol. The zero-order valence-corrected chi connectivity index (χ0v) is 12.6. The fourth-order valence-electron chi connectivity index (χ4n) is 2.98. The number of hydrogen-bond acceptors (Lipinski definition) is 3. The van der Waals surface area contributed by atoms with E-state index in [9.17, 15) is 0 Å². The van der Waals surface area contributed by atoms with Crippen molar-refractivity contribution in [3.63, 3.8) is 0 Å². The van der Waals surface area contributed by atoms with E-state index in [4.69, 9.17) is 15.6 Å². The van der Waals surface area contributed by atoms with Crippen molar-refractivity contribution in [2.24, 2.45) is 5.92 Å². The Kier molecular flexibility index (Phi) is 5.23. The van der Waals surface area contributed by atoms with E-state index in [-0.39, 0.29) is 0 Å². The average Bonchev–Trinajstić information content (AvgIpc) is 2.47. The normalized spacial score (nSPS) is 24.6. The molecule has 0 bridgehead atoms. The molecule has 0 aromatic rings. The van der Waals surface area contributed by atoms with Crippen LogP contribution in [0, 0.1) is 16.7 Å². The molecule has 0 saturated carbocycles. The Hall–Kier alpha value is -1.30. The average molecular weight is 281 g/mol. The van der Waals surface area contributed by atoms with E-state index in [1.807, 2.05) is 9.80 Å². The molecule has 6 nitrogen and oxygen atoms in total. The number of nitrogens with zero attached hydrogens (tertiary/aromatic N) is 2. The summed E-state index contributed by atoms with van der Waals surface area (Å²) in [5, 5.41) is 19.2. The van der Waals surface area contributed by atoms with E-state index in [0.29, 0.717) is 23.9 Å². The van der Waals surface area contributed by atoms with Crippen molar-refractivity contribution < 1.29 is 4.74 Å². The van der Waals surface area contributed by atoms with Crippen LogP contribution in [0.5, 0.6) is 0 Å². The Labute approximate surface area is 121 Å². The molecule has 2 saturated heterocycles. The third-order valence-corrected chi connectivity index (χ3v) is 4.30. The van der Waals surface area contributed by atoms with Gasteiger partial charge in [-0.3, -0.25) is 16.1 Å². The minimum absolute atomic E-state index is 0.321. The first-order valence-corrected chi connectivity index (χ1v) is 7.57. The Morgan fingerprint density at radius 1 is 1.05 bits per heavy atom. The standard InChI is InChI=1S/C14H27N5O/c1-11-4-3-7-19(10-11)14(16)17-13(15)18-8-5-12(20-2)6-9-18/h11-12H,3-10H2,1-2H3,(H3,15,16,17). The Morgan fingerprint density at radius 3 is 2.30 bits per heavy atom. The summed E-state index contributed by atoms with van der Waals surface area (Å²) in [7, 11) is 1.75. The lowest BCUT2D eigenvalue weighted by Gasteiger charge is -2.36. The highest BCUT2D eigenvalue weighted by Gasteiger charge is 2.23. The third kappa shape index (κ3) is 3.85. The maximum Gasteiger partial charge on any atom is 0.197 e. The number of rotatable bonds is 1. The van der Waals surface area contributed by atoms with Crippen molar-refractivity contribution in [3.8, 4) is 0 Å². The number of hydrogen-bond donors (Lipinski definition) is 3. The van der Waals surface area contributed by atoms with Gasteiger partial charge in [-0.1, -0.05) is 6.92 Å². The van der Waals surface area contributed by atoms with Crippen LogP contribution in [0.15, 0.2) is 0 Å². The van der Waals surface area contributed by atoms with Gasteiger partial charge in [0.2, 0.25) is 0 Å². The predicted molar refractivity (Wildman–Crippen MR) is 80.2 cm³/mol.